The molecule has 0 spiro atoms. The number of hydrogen-bond acceptors (Lipinski definition) is 9. The van der Waals surface area contributed by atoms with Crippen molar-refractivity contribution in [1.82, 2.24) is 0 Å². The second-order valence-electron chi connectivity index (χ2n) is 6.52. The van der Waals surface area contributed by atoms with Crippen LogP contribution in [0.4, 0.5) is 11.4 Å². The fraction of sp³-hybridized carbons (Fsp3) is 0. The van der Waals surface area contributed by atoms with Crippen molar-refractivity contribution in [3.05, 3.63) is 66.7 Å². The molecule has 0 fully saturated rings. The van der Waals surface area contributed by atoms with Crippen molar-refractivity contribution >= 4 is 53.2 Å². The van der Waals surface area contributed by atoms with E-state index in [1.807, 2.05) is 0 Å². The predicted octanol–water partition coefficient (Wildman–Crippen LogP) is -2.07. The fourth-order valence-corrected chi connectivity index (χ4v) is 4.67. The fourth-order valence-electron chi connectivity index (χ4n) is 3.29. The maximum atomic E-state index is 11.6. The van der Waals surface area contributed by atoms with Gasteiger partial charge in [-0.2, -0.15) is 0 Å². The van der Waals surface area contributed by atoms with Crippen LogP contribution in [0.1, 0.15) is 0 Å². The van der Waals surface area contributed by atoms with Crippen molar-refractivity contribution in [3.63, 3.8) is 0 Å². The molecular formula is C20H12N2Na2O7S2. The summed E-state index contributed by atoms with van der Waals surface area (Å²) in [5.74, 6) is -0.570. The van der Waals surface area contributed by atoms with Gasteiger partial charge in [0.05, 0.1) is 15.5 Å². The first-order valence-electron chi connectivity index (χ1n) is 8.67. The molecule has 33 heavy (non-hydrogen) atoms. The number of rotatable bonds is 4. The second kappa shape index (κ2) is 10.5. The van der Waals surface area contributed by atoms with E-state index in [-0.39, 0.29) is 86.6 Å². The molecule has 0 aromatic heterocycles. The Kier molecular flexibility index (Phi) is 8.85. The van der Waals surface area contributed by atoms with Crippen LogP contribution in [-0.2, 0) is 20.2 Å². The molecule has 0 aliphatic heterocycles. The van der Waals surface area contributed by atoms with Gasteiger partial charge in [0.15, 0.2) is 0 Å². The van der Waals surface area contributed by atoms with Crippen LogP contribution >= 0.6 is 0 Å². The molecule has 0 atom stereocenters. The molecule has 0 saturated heterocycles. The number of hydrogen-bond donors (Lipinski definition) is 1. The second-order valence-corrected chi connectivity index (χ2v) is 9.22. The maximum absolute atomic E-state index is 11.6. The molecule has 4 rings (SSSR count). The molecule has 0 amide bonds. The van der Waals surface area contributed by atoms with Gasteiger partial charge < -0.3 is 14.2 Å². The third-order valence-electron chi connectivity index (χ3n) is 4.62. The Bertz CT molecular complexity index is 1610. The summed E-state index contributed by atoms with van der Waals surface area (Å²) in [4.78, 5) is -0.990. The third-order valence-corrected chi connectivity index (χ3v) is 6.39. The molecule has 4 aromatic carbocycles. The van der Waals surface area contributed by atoms with Gasteiger partial charge in [0.2, 0.25) is 0 Å². The summed E-state index contributed by atoms with van der Waals surface area (Å²) in [6.45, 7) is 0. The third kappa shape index (κ3) is 5.65. The number of fused-ring (bicyclic) bond motifs is 2. The molecule has 0 saturated carbocycles. The quantitative estimate of drug-likeness (QED) is 0.191. The number of phenolic OH excluding ortho intramolecular Hbond substituents is 1. The van der Waals surface area contributed by atoms with Crippen molar-refractivity contribution in [2.45, 2.75) is 9.79 Å². The van der Waals surface area contributed by atoms with E-state index in [0.29, 0.717) is 5.39 Å². The van der Waals surface area contributed by atoms with Crippen LogP contribution in [0.25, 0.3) is 21.5 Å². The first-order valence-corrected chi connectivity index (χ1v) is 11.5. The van der Waals surface area contributed by atoms with Crippen molar-refractivity contribution in [2.24, 2.45) is 10.2 Å². The topological polar surface area (TPSA) is 159 Å². The molecular weight excluding hydrogens is 490 g/mol. The Morgan fingerprint density at radius 1 is 0.636 bits per heavy atom. The van der Waals surface area contributed by atoms with E-state index in [9.17, 15) is 31.0 Å². The molecule has 0 radical (unpaired) electrons. The Morgan fingerprint density at radius 2 is 1.12 bits per heavy atom. The van der Waals surface area contributed by atoms with Crippen molar-refractivity contribution in [3.8, 4) is 5.75 Å². The molecule has 1 N–H and O–H groups in total. The number of phenols is 1. The van der Waals surface area contributed by atoms with E-state index in [1.54, 1.807) is 24.3 Å². The summed E-state index contributed by atoms with van der Waals surface area (Å²) in [5, 5.41) is 19.2. The zero-order chi connectivity index (χ0) is 22.4. The van der Waals surface area contributed by atoms with Crippen LogP contribution in [-0.4, -0.2) is 31.0 Å². The molecule has 0 unspecified atom stereocenters. The molecule has 4 aromatic rings. The first-order chi connectivity index (χ1) is 14.6. The van der Waals surface area contributed by atoms with Gasteiger partial charge in [-0.25, -0.2) is 16.8 Å². The van der Waals surface area contributed by atoms with E-state index in [0.717, 1.165) is 12.1 Å². The van der Waals surface area contributed by atoms with Crippen LogP contribution in [0.5, 0.6) is 5.75 Å². The van der Waals surface area contributed by atoms with E-state index < -0.39 is 35.8 Å². The average Bonchev–Trinajstić information content (AvgIpc) is 2.71. The molecule has 13 heteroatoms. The predicted molar refractivity (Wildman–Crippen MR) is 110 cm³/mol. The van der Waals surface area contributed by atoms with Gasteiger partial charge in [-0.15, -0.1) is 10.2 Å². The summed E-state index contributed by atoms with van der Waals surface area (Å²) < 4.78 is 69.2. The SMILES string of the molecule is O=S(=O)([O-])c1ccc(N=Nc2c(O)cc(S(=O)(=O)[O-])c3ccccc23)c2ccccc12.[Na+].[Na+]. The van der Waals surface area contributed by atoms with Gasteiger partial charge in [0.1, 0.15) is 31.7 Å². The van der Waals surface area contributed by atoms with Crippen LogP contribution in [0, 0.1) is 0 Å². The zero-order valence-corrected chi connectivity index (χ0v) is 23.1. The minimum absolute atomic E-state index is 0. The van der Waals surface area contributed by atoms with E-state index in [4.69, 9.17) is 0 Å². The molecule has 0 aliphatic carbocycles. The summed E-state index contributed by atoms with van der Waals surface area (Å²) in [5.41, 5.74) is 0.139. The Labute approximate surface area is 233 Å². The molecule has 0 aliphatic rings. The zero-order valence-electron chi connectivity index (χ0n) is 17.5. The van der Waals surface area contributed by atoms with Gasteiger partial charge in [-0.3, -0.25) is 0 Å². The summed E-state index contributed by atoms with van der Waals surface area (Å²) >= 11 is 0. The first kappa shape index (κ1) is 27.9. The number of nitrogens with zero attached hydrogens (tertiary/aromatic N) is 2. The monoisotopic (exact) mass is 502 g/mol. The summed E-state index contributed by atoms with van der Waals surface area (Å²) in [6, 6.07) is 15.4. The Hall–Kier alpha value is -1.38. The van der Waals surface area contributed by atoms with E-state index in [2.05, 4.69) is 10.2 Å². The van der Waals surface area contributed by atoms with Crippen molar-refractivity contribution < 1.29 is 90.2 Å². The number of azo groups is 1. The number of aromatic hydroxyl groups is 1. The standard InChI is InChI=1S/C20H14N2O7S2.2Na/c23-17-11-19(31(27,28)29)14-7-3-4-8-15(14)20(17)22-21-16-9-10-18(30(24,25)26)13-6-2-1-5-12(13)16;;/h1-11,23H,(H,24,25,26)(H,27,28,29);;/q;2*+1/p-2. The van der Waals surface area contributed by atoms with E-state index in [1.165, 1.54) is 30.3 Å². The number of benzene rings is 4. The molecule has 158 valence electrons. The molecule has 0 heterocycles. The van der Waals surface area contributed by atoms with Crippen LogP contribution in [0.2, 0.25) is 0 Å². The van der Waals surface area contributed by atoms with Crippen LogP contribution < -0.4 is 59.1 Å². The maximum Gasteiger partial charge on any atom is 1.00 e. The van der Waals surface area contributed by atoms with Crippen LogP contribution in [0.15, 0.2) is 86.7 Å². The normalized spacial score (nSPS) is 11.9. The van der Waals surface area contributed by atoms with Crippen molar-refractivity contribution in [2.75, 3.05) is 0 Å². The van der Waals surface area contributed by atoms with Gasteiger partial charge in [-0.05, 0) is 12.1 Å². The smallest absolute Gasteiger partial charge is 0.744 e. The van der Waals surface area contributed by atoms with Gasteiger partial charge in [0.25, 0.3) is 0 Å². The summed E-state index contributed by atoms with van der Waals surface area (Å²) in [6.07, 6.45) is 0. The van der Waals surface area contributed by atoms with Gasteiger partial charge >= 0.3 is 59.1 Å². The Balaban J connectivity index is 0.00000193. The van der Waals surface area contributed by atoms with E-state index >= 15 is 0 Å². The Morgan fingerprint density at radius 3 is 1.67 bits per heavy atom. The molecule has 0 bridgehead atoms. The minimum atomic E-state index is -4.85. The van der Waals surface area contributed by atoms with Gasteiger partial charge in [-0.1, -0.05) is 48.5 Å². The molecule has 9 nitrogen and oxygen atoms in total. The van der Waals surface area contributed by atoms with Crippen molar-refractivity contribution in [1.29, 1.82) is 0 Å². The van der Waals surface area contributed by atoms with Gasteiger partial charge in [0, 0.05) is 27.6 Å². The largest absolute Gasteiger partial charge is 1.00 e. The average molecular weight is 502 g/mol. The van der Waals surface area contributed by atoms with Crippen LogP contribution in [0.3, 0.4) is 0 Å². The summed E-state index contributed by atoms with van der Waals surface area (Å²) in [7, 11) is -9.57. The minimum Gasteiger partial charge on any atom is -0.744 e.